The molecule has 0 heteroatoms. The van der Waals surface area contributed by atoms with Gasteiger partial charge in [-0.3, -0.25) is 0 Å². The van der Waals surface area contributed by atoms with Crippen molar-refractivity contribution >= 4 is 0 Å². The maximum atomic E-state index is 3.76. The lowest BCUT2D eigenvalue weighted by molar-refractivity contribution is 0.699. The Bertz CT molecular complexity index is 120. The molecular weight excluding hydrogens is 120 g/mol. The smallest absolute Gasteiger partial charge is 0.0227 e. The van der Waals surface area contributed by atoms with Gasteiger partial charge in [0.05, 0.1) is 0 Å². The first-order valence-electron chi connectivity index (χ1n) is 4.01. The van der Waals surface area contributed by atoms with Crippen molar-refractivity contribution in [2.45, 2.75) is 33.6 Å². The zero-order valence-electron chi connectivity index (χ0n) is 7.35. The van der Waals surface area contributed by atoms with Crippen molar-refractivity contribution in [1.82, 2.24) is 0 Å². The van der Waals surface area contributed by atoms with Gasteiger partial charge in [0.15, 0.2) is 0 Å². The molecule has 0 rings (SSSR count). The molecule has 58 valence electrons. The number of allylic oxidation sites excluding steroid dienone is 3. The standard InChI is InChI=1S/C10H18/c1-5-9(4)8-10(6-2)7-3/h5-6,9H,1,7-8H2,2-4H3. The summed E-state index contributed by atoms with van der Waals surface area (Å²) >= 11 is 0. The Labute approximate surface area is 64.6 Å². The topological polar surface area (TPSA) is 0 Å². The summed E-state index contributed by atoms with van der Waals surface area (Å²) in [7, 11) is 0. The first kappa shape index (κ1) is 9.48. The lowest BCUT2D eigenvalue weighted by atomic mass is 10.00. The third-order valence-electron chi connectivity index (χ3n) is 1.85. The number of rotatable bonds is 4. The van der Waals surface area contributed by atoms with Gasteiger partial charge in [-0.25, -0.2) is 0 Å². The summed E-state index contributed by atoms with van der Waals surface area (Å²) in [6.45, 7) is 10.3. The highest BCUT2D eigenvalue weighted by molar-refractivity contribution is 5.02. The van der Waals surface area contributed by atoms with Gasteiger partial charge in [-0.15, -0.1) is 6.58 Å². The van der Waals surface area contributed by atoms with Crippen LogP contribution >= 0.6 is 0 Å². The van der Waals surface area contributed by atoms with Crippen LogP contribution in [-0.4, -0.2) is 0 Å². The van der Waals surface area contributed by atoms with Crippen LogP contribution in [0.2, 0.25) is 0 Å². The summed E-state index contributed by atoms with van der Waals surface area (Å²) in [6, 6.07) is 0. The average molecular weight is 138 g/mol. The fourth-order valence-corrected chi connectivity index (χ4v) is 0.963. The van der Waals surface area contributed by atoms with Gasteiger partial charge >= 0.3 is 0 Å². The molecule has 0 spiro atoms. The summed E-state index contributed by atoms with van der Waals surface area (Å²) in [6.07, 6.45) is 6.57. The molecule has 0 aromatic carbocycles. The van der Waals surface area contributed by atoms with Crippen LogP contribution < -0.4 is 0 Å². The second-order valence-electron chi connectivity index (χ2n) is 2.72. The first-order chi connectivity index (χ1) is 4.74. The molecule has 0 aliphatic rings. The highest BCUT2D eigenvalue weighted by Gasteiger charge is 1.97. The van der Waals surface area contributed by atoms with Crippen LogP contribution in [0.3, 0.4) is 0 Å². The molecule has 0 amide bonds. The quantitative estimate of drug-likeness (QED) is 0.521. The Hall–Kier alpha value is -0.520. The van der Waals surface area contributed by atoms with Gasteiger partial charge in [-0.05, 0) is 25.7 Å². The van der Waals surface area contributed by atoms with E-state index < -0.39 is 0 Å². The summed E-state index contributed by atoms with van der Waals surface area (Å²) in [5.41, 5.74) is 1.53. The van der Waals surface area contributed by atoms with E-state index in [0.717, 1.165) is 0 Å². The predicted molar refractivity (Wildman–Crippen MR) is 48.0 cm³/mol. The van der Waals surface area contributed by atoms with Crippen LogP contribution in [-0.2, 0) is 0 Å². The molecule has 0 saturated heterocycles. The largest absolute Gasteiger partial charge is 0.103 e. The van der Waals surface area contributed by atoms with Crippen molar-refractivity contribution in [2.24, 2.45) is 5.92 Å². The van der Waals surface area contributed by atoms with Crippen molar-refractivity contribution in [1.29, 1.82) is 0 Å². The monoisotopic (exact) mass is 138 g/mol. The van der Waals surface area contributed by atoms with Crippen LogP contribution in [0.25, 0.3) is 0 Å². The summed E-state index contributed by atoms with van der Waals surface area (Å²) in [5.74, 6) is 0.631. The average Bonchev–Trinajstić information content (AvgIpc) is 1.99. The Morgan fingerprint density at radius 1 is 1.60 bits per heavy atom. The third-order valence-corrected chi connectivity index (χ3v) is 1.85. The van der Waals surface area contributed by atoms with E-state index >= 15 is 0 Å². The fraction of sp³-hybridized carbons (Fsp3) is 0.600. The van der Waals surface area contributed by atoms with Crippen LogP contribution in [0, 0.1) is 5.92 Å². The lowest BCUT2D eigenvalue weighted by Gasteiger charge is -2.06. The molecule has 0 aromatic rings. The first-order valence-corrected chi connectivity index (χ1v) is 4.01. The van der Waals surface area contributed by atoms with E-state index in [0.29, 0.717) is 5.92 Å². The highest BCUT2D eigenvalue weighted by atomic mass is 14.0. The fourth-order valence-electron chi connectivity index (χ4n) is 0.963. The molecule has 0 radical (unpaired) electrons. The van der Waals surface area contributed by atoms with Crippen LogP contribution in [0.1, 0.15) is 33.6 Å². The van der Waals surface area contributed by atoms with E-state index in [4.69, 9.17) is 0 Å². The molecule has 0 saturated carbocycles. The van der Waals surface area contributed by atoms with Gasteiger partial charge in [0.25, 0.3) is 0 Å². The molecule has 1 atom stereocenters. The van der Waals surface area contributed by atoms with Crippen molar-refractivity contribution in [3.8, 4) is 0 Å². The third kappa shape index (κ3) is 3.49. The van der Waals surface area contributed by atoms with E-state index in [2.05, 4.69) is 33.4 Å². The van der Waals surface area contributed by atoms with E-state index in [1.54, 1.807) is 0 Å². The van der Waals surface area contributed by atoms with E-state index in [9.17, 15) is 0 Å². The minimum atomic E-state index is 0.631. The summed E-state index contributed by atoms with van der Waals surface area (Å²) in [4.78, 5) is 0. The van der Waals surface area contributed by atoms with Crippen molar-refractivity contribution < 1.29 is 0 Å². The molecule has 0 nitrogen and oxygen atoms in total. The number of hydrogen-bond donors (Lipinski definition) is 0. The Balaban J connectivity index is 3.74. The summed E-state index contributed by atoms with van der Waals surface area (Å²) in [5, 5.41) is 0. The van der Waals surface area contributed by atoms with E-state index in [1.807, 2.05) is 6.08 Å². The van der Waals surface area contributed by atoms with Crippen molar-refractivity contribution in [3.05, 3.63) is 24.3 Å². The van der Waals surface area contributed by atoms with Gasteiger partial charge in [0.2, 0.25) is 0 Å². The zero-order chi connectivity index (χ0) is 7.98. The van der Waals surface area contributed by atoms with Crippen molar-refractivity contribution in [3.63, 3.8) is 0 Å². The van der Waals surface area contributed by atoms with Crippen LogP contribution in [0.15, 0.2) is 24.3 Å². The van der Waals surface area contributed by atoms with Gasteiger partial charge in [-0.2, -0.15) is 0 Å². The second-order valence-corrected chi connectivity index (χ2v) is 2.72. The SMILES string of the molecule is C=CC(C)CC(=CC)CC. The molecule has 1 unspecified atom stereocenters. The molecule has 10 heavy (non-hydrogen) atoms. The Morgan fingerprint density at radius 3 is 2.50 bits per heavy atom. The second kappa shape index (κ2) is 5.28. The molecule has 0 aliphatic carbocycles. The minimum Gasteiger partial charge on any atom is -0.103 e. The maximum Gasteiger partial charge on any atom is -0.0227 e. The molecule has 0 aliphatic heterocycles. The van der Waals surface area contributed by atoms with Gasteiger partial charge < -0.3 is 0 Å². The van der Waals surface area contributed by atoms with E-state index in [-0.39, 0.29) is 0 Å². The Kier molecular flexibility index (Phi) is 5.00. The minimum absolute atomic E-state index is 0.631. The maximum absolute atomic E-state index is 3.76. The normalized spacial score (nSPS) is 14.9. The van der Waals surface area contributed by atoms with Gasteiger partial charge in [-0.1, -0.05) is 31.6 Å². The molecule has 0 fully saturated rings. The molecule has 0 heterocycles. The Morgan fingerprint density at radius 2 is 2.20 bits per heavy atom. The molecule has 0 aromatic heterocycles. The molecule has 0 N–H and O–H groups in total. The predicted octanol–water partition coefficient (Wildman–Crippen LogP) is 3.55. The van der Waals surface area contributed by atoms with Crippen molar-refractivity contribution in [2.75, 3.05) is 0 Å². The van der Waals surface area contributed by atoms with Gasteiger partial charge in [0.1, 0.15) is 0 Å². The van der Waals surface area contributed by atoms with E-state index in [1.165, 1.54) is 18.4 Å². The highest BCUT2D eigenvalue weighted by Crippen LogP contribution is 2.14. The lowest BCUT2D eigenvalue weighted by Crippen LogP contribution is -1.91. The van der Waals surface area contributed by atoms with Crippen LogP contribution in [0.5, 0.6) is 0 Å². The number of hydrogen-bond acceptors (Lipinski definition) is 0. The summed E-state index contributed by atoms with van der Waals surface area (Å²) < 4.78 is 0. The zero-order valence-corrected chi connectivity index (χ0v) is 7.35. The van der Waals surface area contributed by atoms with Gasteiger partial charge in [0, 0.05) is 0 Å². The van der Waals surface area contributed by atoms with Crippen LogP contribution in [0.4, 0.5) is 0 Å². The molecular formula is C10H18. The molecule has 0 bridgehead atoms.